The average Bonchev–Trinajstić information content (AvgIpc) is 3.11. The number of aromatic amines is 1. The molecule has 0 unspecified atom stereocenters. The first-order valence-electron chi connectivity index (χ1n) is 8.78. The Kier molecular flexibility index (Phi) is 4.98. The molecular formula is C21H15F3N2O3S. The molecule has 0 saturated carbocycles. The molecule has 30 heavy (non-hydrogen) atoms. The monoisotopic (exact) mass is 432 g/mol. The summed E-state index contributed by atoms with van der Waals surface area (Å²) in [7, 11) is -3.42. The van der Waals surface area contributed by atoms with E-state index in [4.69, 9.17) is 4.74 Å². The van der Waals surface area contributed by atoms with Crippen molar-refractivity contribution in [2.45, 2.75) is 11.5 Å². The number of halogens is 3. The zero-order valence-electron chi connectivity index (χ0n) is 15.6. The molecule has 0 aliphatic carbocycles. The second-order valence-corrected chi connectivity index (χ2v) is 8.65. The molecule has 0 spiro atoms. The highest BCUT2D eigenvalue weighted by molar-refractivity contribution is 7.90. The van der Waals surface area contributed by atoms with Gasteiger partial charge in [-0.2, -0.15) is 0 Å². The first-order valence-corrected chi connectivity index (χ1v) is 10.7. The summed E-state index contributed by atoms with van der Waals surface area (Å²) in [6.07, 6.45) is 1.14. The first-order chi connectivity index (χ1) is 14.2. The Labute approximate surface area is 170 Å². The lowest BCUT2D eigenvalue weighted by Gasteiger charge is -2.07. The Balaban J connectivity index is 1.64. The fraction of sp³-hybridized carbons (Fsp3) is 0.0952. The van der Waals surface area contributed by atoms with Crippen LogP contribution in [0, 0.1) is 17.5 Å². The molecule has 0 bridgehead atoms. The quantitative estimate of drug-likeness (QED) is 0.467. The lowest BCUT2D eigenvalue weighted by atomic mass is 10.1. The predicted molar refractivity (Wildman–Crippen MR) is 105 cm³/mol. The van der Waals surface area contributed by atoms with E-state index in [-0.39, 0.29) is 11.5 Å². The Hall–Kier alpha value is -3.33. The molecule has 0 radical (unpaired) electrons. The molecule has 154 valence electrons. The minimum Gasteiger partial charge on any atom is -0.483 e. The maximum absolute atomic E-state index is 13.7. The highest BCUT2D eigenvalue weighted by atomic mass is 32.2. The number of H-pyrrole nitrogens is 1. The van der Waals surface area contributed by atoms with Crippen molar-refractivity contribution < 1.29 is 26.3 Å². The average molecular weight is 432 g/mol. The summed E-state index contributed by atoms with van der Waals surface area (Å²) in [5.74, 6) is -3.64. The van der Waals surface area contributed by atoms with Crippen LogP contribution in [0.5, 0.6) is 5.75 Å². The van der Waals surface area contributed by atoms with Crippen molar-refractivity contribution in [1.29, 1.82) is 0 Å². The molecule has 4 aromatic rings. The second-order valence-electron chi connectivity index (χ2n) is 6.67. The van der Waals surface area contributed by atoms with Crippen LogP contribution in [0.2, 0.25) is 0 Å². The van der Waals surface area contributed by atoms with Gasteiger partial charge in [-0.15, -0.1) is 0 Å². The smallest absolute Gasteiger partial charge is 0.176 e. The molecule has 0 saturated heterocycles. The van der Waals surface area contributed by atoms with Gasteiger partial charge in [-0.1, -0.05) is 24.3 Å². The molecule has 4 rings (SSSR count). The summed E-state index contributed by atoms with van der Waals surface area (Å²) >= 11 is 0. The van der Waals surface area contributed by atoms with Crippen LogP contribution in [0.3, 0.4) is 0 Å². The van der Waals surface area contributed by atoms with Crippen LogP contribution in [0.1, 0.15) is 5.82 Å². The fourth-order valence-corrected chi connectivity index (χ4v) is 4.00. The van der Waals surface area contributed by atoms with Gasteiger partial charge in [-0.05, 0) is 23.8 Å². The van der Waals surface area contributed by atoms with Crippen LogP contribution in [0.25, 0.3) is 22.2 Å². The lowest BCUT2D eigenvalue weighted by Crippen LogP contribution is -2.00. The molecule has 0 aliphatic heterocycles. The molecule has 1 heterocycles. The highest BCUT2D eigenvalue weighted by Gasteiger charge is 2.15. The van der Waals surface area contributed by atoms with Gasteiger partial charge in [0.15, 0.2) is 33.0 Å². The second kappa shape index (κ2) is 7.49. The minimum atomic E-state index is -3.42. The molecule has 0 aliphatic rings. The van der Waals surface area contributed by atoms with Gasteiger partial charge in [0.2, 0.25) is 0 Å². The standard InChI is InChI=1S/C21H15F3N2O3S/c1-30(27,28)20-5-3-2-4-13(20)12-6-7-17-18(8-12)26-21(25-17)11-29-19-10-15(23)14(22)9-16(19)24/h2-10H,11H2,1H3,(H,25,26). The molecule has 0 amide bonds. The van der Waals surface area contributed by atoms with Crippen LogP contribution in [-0.4, -0.2) is 24.6 Å². The Morgan fingerprint density at radius 3 is 2.47 bits per heavy atom. The van der Waals surface area contributed by atoms with E-state index >= 15 is 0 Å². The third-order valence-corrected chi connectivity index (χ3v) is 5.62. The first kappa shape index (κ1) is 20.0. The van der Waals surface area contributed by atoms with Crippen LogP contribution >= 0.6 is 0 Å². The largest absolute Gasteiger partial charge is 0.483 e. The van der Waals surface area contributed by atoms with Crippen molar-refractivity contribution in [2.75, 3.05) is 6.26 Å². The van der Waals surface area contributed by atoms with Gasteiger partial charge in [-0.25, -0.2) is 26.6 Å². The third-order valence-electron chi connectivity index (χ3n) is 4.47. The summed E-state index contributed by atoms with van der Waals surface area (Å²) in [5, 5.41) is 0. The lowest BCUT2D eigenvalue weighted by molar-refractivity contribution is 0.279. The molecule has 0 atom stereocenters. The van der Waals surface area contributed by atoms with E-state index in [2.05, 4.69) is 9.97 Å². The molecule has 1 aromatic heterocycles. The van der Waals surface area contributed by atoms with E-state index in [1.165, 1.54) is 6.07 Å². The van der Waals surface area contributed by atoms with Gasteiger partial charge in [0, 0.05) is 24.0 Å². The number of benzene rings is 3. The summed E-state index contributed by atoms with van der Waals surface area (Å²) in [6.45, 7) is -0.202. The fourth-order valence-electron chi connectivity index (χ4n) is 3.08. The van der Waals surface area contributed by atoms with E-state index in [0.29, 0.717) is 40.1 Å². The van der Waals surface area contributed by atoms with Crippen molar-refractivity contribution in [3.05, 3.63) is 77.9 Å². The van der Waals surface area contributed by atoms with Gasteiger partial charge < -0.3 is 9.72 Å². The van der Waals surface area contributed by atoms with Crippen LogP contribution in [0.4, 0.5) is 13.2 Å². The van der Waals surface area contributed by atoms with Gasteiger partial charge in [-0.3, -0.25) is 0 Å². The number of ether oxygens (including phenoxy) is 1. The van der Waals surface area contributed by atoms with Crippen molar-refractivity contribution in [1.82, 2.24) is 9.97 Å². The third kappa shape index (κ3) is 3.88. The SMILES string of the molecule is CS(=O)(=O)c1ccccc1-c1ccc2[nH]c(COc3cc(F)c(F)cc3F)nc2c1. The summed E-state index contributed by atoms with van der Waals surface area (Å²) in [6, 6.07) is 12.9. The summed E-state index contributed by atoms with van der Waals surface area (Å²) < 4.78 is 69.4. The van der Waals surface area contributed by atoms with Crippen LogP contribution in [-0.2, 0) is 16.4 Å². The Morgan fingerprint density at radius 2 is 1.70 bits per heavy atom. The summed E-state index contributed by atoms with van der Waals surface area (Å²) in [4.78, 5) is 7.55. The molecule has 0 fully saturated rings. The zero-order chi connectivity index (χ0) is 21.5. The molecule has 9 heteroatoms. The summed E-state index contributed by atoms with van der Waals surface area (Å²) in [5.41, 5.74) is 2.40. The number of imidazole rings is 1. The molecule has 3 aromatic carbocycles. The van der Waals surface area contributed by atoms with Gasteiger partial charge in [0.05, 0.1) is 15.9 Å². The molecule has 5 nitrogen and oxygen atoms in total. The van der Waals surface area contributed by atoms with E-state index in [9.17, 15) is 21.6 Å². The van der Waals surface area contributed by atoms with Gasteiger partial charge in [0.25, 0.3) is 0 Å². The number of rotatable bonds is 5. The van der Waals surface area contributed by atoms with Crippen molar-refractivity contribution in [3.63, 3.8) is 0 Å². The number of hydrogen-bond donors (Lipinski definition) is 1. The number of hydrogen-bond acceptors (Lipinski definition) is 4. The topological polar surface area (TPSA) is 72.0 Å². The maximum Gasteiger partial charge on any atom is 0.176 e. The molecule has 1 N–H and O–H groups in total. The predicted octanol–water partition coefficient (Wildman–Crippen LogP) is 4.63. The maximum atomic E-state index is 13.7. The Bertz CT molecular complexity index is 1370. The van der Waals surface area contributed by atoms with Crippen LogP contribution < -0.4 is 4.74 Å². The number of nitrogens with zero attached hydrogens (tertiary/aromatic N) is 1. The Morgan fingerprint density at radius 1 is 0.967 bits per heavy atom. The van der Waals surface area contributed by atoms with E-state index in [1.54, 1.807) is 36.4 Å². The van der Waals surface area contributed by atoms with Crippen molar-refractivity contribution in [3.8, 4) is 16.9 Å². The number of sulfone groups is 1. The number of aromatic nitrogens is 2. The van der Waals surface area contributed by atoms with E-state index in [1.807, 2.05) is 0 Å². The van der Waals surface area contributed by atoms with E-state index in [0.717, 1.165) is 6.26 Å². The number of nitrogens with one attached hydrogen (secondary N) is 1. The number of fused-ring (bicyclic) bond motifs is 1. The zero-order valence-corrected chi connectivity index (χ0v) is 16.4. The highest BCUT2D eigenvalue weighted by Crippen LogP contribution is 2.29. The van der Waals surface area contributed by atoms with E-state index < -0.39 is 33.0 Å². The van der Waals surface area contributed by atoms with Crippen molar-refractivity contribution >= 4 is 20.9 Å². The van der Waals surface area contributed by atoms with Gasteiger partial charge in [0.1, 0.15) is 12.4 Å². The normalized spacial score (nSPS) is 11.7. The van der Waals surface area contributed by atoms with Gasteiger partial charge >= 0.3 is 0 Å². The van der Waals surface area contributed by atoms with Crippen LogP contribution in [0.15, 0.2) is 59.5 Å². The minimum absolute atomic E-state index is 0.202. The molecular weight excluding hydrogens is 417 g/mol. The van der Waals surface area contributed by atoms with Crippen molar-refractivity contribution in [2.24, 2.45) is 0 Å².